The standard InChI is InChI=1S/C24H34N6O/c1-17-9-13-30(27-17)14-10-22(31)28-11-3-5-20(16-28)23-25-18(2)21-6-4-12-29(24(21)26-23)15-19-7-8-19/h9,13,19-20H,3-8,10-12,14-16H2,1-2H3/t20-/m0/s1. The van der Waals surface area contributed by atoms with E-state index in [4.69, 9.17) is 9.97 Å². The minimum absolute atomic E-state index is 0.211. The van der Waals surface area contributed by atoms with Crippen molar-refractivity contribution < 1.29 is 4.79 Å². The van der Waals surface area contributed by atoms with Gasteiger partial charge in [-0.3, -0.25) is 9.48 Å². The Morgan fingerprint density at radius 2 is 2.00 bits per heavy atom. The lowest BCUT2D eigenvalue weighted by molar-refractivity contribution is -0.132. The van der Waals surface area contributed by atoms with Gasteiger partial charge in [0.05, 0.1) is 5.69 Å². The van der Waals surface area contributed by atoms with Crippen LogP contribution in [0.5, 0.6) is 0 Å². The molecule has 3 aliphatic rings. The summed E-state index contributed by atoms with van der Waals surface area (Å²) in [6.45, 7) is 8.58. The molecule has 31 heavy (non-hydrogen) atoms. The minimum atomic E-state index is 0.211. The molecular weight excluding hydrogens is 388 g/mol. The van der Waals surface area contributed by atoms with Gasteiger partial charge in [-0.1, -0.05) is 0 Å². The van der Waals surface area contributed by atoms with Crippen LogP contribution in [0.1, 0.15) is 67.2 Å². The van der Waals surface area contributed by atoms with Gasteiger partial charge in [-0.25, -0.2) is 9.97 Å². The highest BCUT2D eigenvalue weighted by Gasteiger charge is 2.31. The van der Waals surface area contributed by atoms with Crippen LogP contribution in [0.3, 0.4) is 0 Å². The highest BCUT2D eigenvalue weighted by molar-refractivity contribution is 5.76. The van der Waals surface area contributed by atoms with Gasteiger partial charge < -0.3 is 9.80 Å². The number of carbonyl (C=O) groups is 1. The number of piperidine rings is 1. The second-order valence-corrected chi connectivity index (χ2v) is 9.61. The Morgan fingerprint density at radius 3 is 2.77 bits per heavy atom. The maximum Gasteiger partial charge on any atom is 0.224 e. The van der Waals surface area contributed by atoms with Crippen LogP contribution in [0.25, 0.3) is 0 Å². The molecule has 1 atom stereocenters. The van der Waals surface area contributed by atoms with E-state index in [0.717, 1.165) is 68.6 Å². The average Bonchev–Trinajstić information content (AvgIpc) is 3.50. The van der Waals surface area contributed by atoms with Gasteiger partial charge in [-0.2, -0.15) is 5.10 Å². The summed E-state index contributed by atoms with van der Waals surface area (Å²) in [6, 6.07) is 1.98. The number of hydrogen-bond donors (Lipinski definition) is 0. The van der Waals surface area contributed by atoms with Crippen molar-refractivity contribution in [2.75, 3.05) is 31.1 Å². The fourth-order valence-electron chi connectivity index (χ4n) is 5.05. The molecule has 1 saturated carbocycles. The van der Waals surface area contributed by atoms with Gasteiger partial charge in [0.25, 0.3) is 0 Å². The highest BCUT2D eigenvalue weighted by atomic mass is 16.2. The van der Waals surface area contributed by atoms with Gasteiger partial charge in [-0.15, -0.1) is 0 Å². The van der Waals surface area contributed by atoms with Crippen LogP contribution in [0, 0.1) is 19.8 Å². The largest absolute Gasteiger partial charge is 0.356 e. The molecule has 7 heteroatoms. The number of rotatable bonds is 6. The lowest BCUT2D eigenvalue weighted by atomic mass is 9.95. The quantitative estimate of drug-likeness (QED) is 0.715. The molecule has 5 rings (SSSR count). The second-order valence-electron chi connectivity index (χ2n) is 9.61. The molecule has 0 spiro atoms. The van der Waals surface area contributed by atoms with Crippen molar-refractivity contribution >= 4 is 11.7 Å². The SMILES string of the molecule is Cc1ccn(CCC(=O)N2CCC[C@H](c3nc(C)c4c(n3)N(CC3CC3)CCC4)C2)n1. The lowest BCUT2D eigenvalue weighted by Crippen LogP contribution is -2.40. The van der Waals surface area contributed by atoms with Crippen molar-refractivity contribution in [3.8, 4) is 0 Å². The van der Waals surface area contributed by atoms with Gasteiger partial charge in [0.2, 0.25) is 5.91 Å². The van der Waals surface area contributed by atoms with Crippen molar-refractivity contribution in [3.63, 3.8) is 0 Å². The Morgan fingerprint density at radius 1 is 1.13 bits per heavy atom. The first-order valence-electron chi connectivity index (χ1n) is 12.0. The van der Waals surface area contributed by atoms with Gasteiger partial charge >= 0.3 is 0 Å². The van der Waals surface area contributed by atoms with Crippen molar-refractivity contribution in [3.05, 3.63) is 35.0 Å². The molecular formula is C24H34N6O. The van der Waals surface area contributed by atoms with Crippen molar-refractivity contribution in [1.29, 1.82) is 0 Å². The molecule has 2 aromatic heterocycles. The first-order valence-corrected chi connectivity index (χ1v) is 12.0. The molecule has 2 aliphatic heterocycles. The maximum absolute atomic E-state index is 12.9. The molecule has 1 aliphatic carbocycles. The normalized spacial score (nSPS) is 21.3. The summed E-state index contributed by atoms with van der Waals surface area (Å²) >= 11 is 0. The number of aryl methyl sites for hydroxylation is 3. The number of carbonyl (C=O) groups excluding carboxylic acids is 1. The predicted octanol–water partition coefficient (Wildman–Crippen LogP) is 3.25. The highest BCUT2D eigenvalue weighted by Crippen LogP contribution is 2.36. The molecule has 0 radical (unpaired) electrons. The average molecular weight is 423 g/mol. The third-order valence-corrected chi connectivity index (χ3v) is 7.01. The number of hydrogen-bond acceptors (Lipinski definition) is 5. The van der Waals surface area contributed by atoms with Crippen LogP contribution >= 0.6 is 0 Å². The molecule has 0 N–H and O–H groups in total. The van der Waals surface area contributed by atoms with E-state index >= 15 is 0 Å². The molecule has 1 amide bonds. The molecule has 4 heterocycles. The Hall–Kier alpha value is -2.44. The Kier molecular flexibility index (Phi) is 5.67. The third kappa shape index (κ3) is 4.60. The van der Waals surface area contributed by atoms with Crippen molar-refractivity contribution in [2.24, 2.45) is 5.92 Å². The number of anilines is 1. The molecule has 0 bridgehead atoms. The minimum Gasteiger partial charge on any atom is -0.356 e. The van der Waals surface area contributed by atoms with Gasteiger partial charge in [0.1, 0.15) is 11.6 Å². The van der Waals surface area contributed by atoms with Crippen LogP contribution in [0.2, 0.25) is 0 Å². The zero-order valence-electron chi connectivity index (χ0n) is 18.9. The van der Waals surface area contributed by atoms with E-state index in [-0.39, 0.29) is 11.8 Å². The van der Waals surface area contributed by atoms with E-state index in [0.29, 0.717) is 13.0 Å². The number of nitrogens with zero attached hydrogens (tertiary/aromatic N) is 6. The van der Waals surface area contributed by atoms with Crippen LogP contribution in [0.4, 0.5) is 5.82 Å². The lowest BCUT2D eigenvalue weighted by Gasteiger charge is -2.34. The molecule has 7 nitrogen and oxygen atoms in total. The van der Waals surface area contributed by atoms with E-state index < -0.39 is 0 Å². The van der Waals surface area contributed by atoms with E-state index in [9.17, 15) is 4.79 Å². The van der Waals surface area contributed by atoms with E-state index in [1.165, 1.54) is 30.6 Å². The van der Waals surface area contributed by atoms with Gasteiger partial charge in [-0.05, 0) is 64.4 Å². The summed E-state index contributed by atoms with van der Waals surface area (Å²) in [5.41, 5.74) is 3.47. The molecule has 166 valence electrons. The summed E-state index contributed by atoms with van der Waals surface area (Å²) in [4.78, 5) is 27.4. The van der Waals surface area contributed by atoms with Crippen molar-refractivity contribution in [1.82, 2.24) is 24.6 Å². The van der Waals surface area contributed by atoms with Crippen LogP contribution < -0.4 is 4.90 Å². The number of amides is 1. The smallest absolute Gasteiger partial charge is 0.224 e. The van der Waals surface area contributed by atoms with Gasteiger partial charge in [0, 0.05) is 62.5 Å². The number of fused-ring (bicyclic) bond motifs is 1. The second kappa shape index (κ2) is 8.60. The summed E-state index contributed by atoms with van der Waals surface area (Å²) < 4.78 is 1.86. The monoisotopic (exact) mass is 422 g/mol. The predicted molar refractivity (Wildman–Crippen MR) is 120 cm³/mol. The Balaban J connectivity index is 1.28. The summed E-state index contributed by atoms with van der Waals surface area (Å²) in [5, 5.41) is 4.39. The summed E-state index contributed by atoms with van der Waals surface area (Å²) in [5.74, 6) is 3.42. The van der Waals surface area contributed by atoms with Crippen LogP contribution in [0.15, 0.2) is 12.3 Å². The van der Waals surface area contributed by atoms with Crippen LogP contribution in [-0.2, 0) is 17.8 Å². The van der Waals surface area contributed by atoms with Crippen LogP contribution in [-0.4, -0.2) is 56.7 Å². The van der Waals surface area contributed by atoms with Crippen molar-refractivity contribution in [2.45, 2.75) is 71.3 Å². The summed E-state index contributed by atoms with van der Waals surface area (Å²) in [6.07, 6.45) is 9.52. The fraction of sp³-hybridized carbons (Fsp3) is 0.667. The number of likely N-dealkylation sites (tertiary alicyclic amines) is 1. The molecule has 2 fully saturated rings. The topological polar surface area (TPSA) is 67.2 Å². The third-order valence-electron chi connectivity index (χ3n) is 7.01. The first kappa shape index (κ1) is 20.5. The zero-order chi connectivity index (χ0) is 21.4. The summed E-state index contributed by atoms with van der Waals surface area (Å²) in [7, 11) is 0. The first-order chi connectivity index (χ1) is 15.1. The molecule has 0 aromatic carbocycles. The Bertz CT molecular complexity index is 950. The molecule has 1 saturated heterocycles. The number of aromatic nitrogens is 4. The zero-order valence-corrected chi connectivity index (χ0v) is 18.9. The Labute approximate surface area is 184 Å². The van der Waals surface area contributed by atoms with E-state index in [1.54, 1.807) is 0 Å². The fourth-order valence-corrected chi connectivity index (χ4v) is 5.05. The van der Waals surface area contributed by atoms with E-state index in [1.807, 2.05) is 28.8 Å². The molecule has 2 aromatic rings. The maximum atomic E-state index is 12.9. The van der Waals surface area contributed by atoms with E-state index in [2.05, 4.69) is 16.9 Å². The molecule has 0 unspecified atom stereocenters. The van der Waals surface area contributed by atoms with Gasteiger partial charge in [0.15, 0.2) is 0 Å².